The van der Waals surface area contributed by atoms with E-state index in [9.17, 15) is 0 Å². The molecule has 2 aromatic rings. The Hall–Kier alpha value is -1.46. The van der Waals surface area contributed by atoms with Crippen LogP contribution in [0.3, 0.4) is 0 Å². The molecule has 3 N–H and O–H groups in total. The highest BCUT2D eigenvalue weighted by atomic mass is 28.4. The fourth-order valence-corrected chi connectivity index (χ4v) is 7.77. The molecule has 0 aliphatic heterocycles. The molecule has 0 unspecified atom stereocenters. The first-order chi connectivity index (χ1) is 11.0. The van der Waals surface area contributed by atoms with Gasteiger partial charge in [0.2, 0.25) is 0 Å². The number of nitrogens with two attached hydrogens (primary N) is 1. The summed E-state index contributed by atoms with van der Waals surface area (Å²) < 4.78 is 6.71. The van der Waals surface area contributed by atoms with Crippen LogP contribution < -0.4 is 21.6 Å². The second kappa shape index (κ2) is 7.88. The Balaban J connectivity index is 2.51. The number of hydrogen-bond donors (Lipinski definition) is 2. The van der Waals surface area contributed by atoms with Gasteiger partial charge in [0.15, 0.2) is 0 Å². The number of hydrogen-bond acceptors (Lipinski definition) is 3. The van der Waals surface area contributed by atoms with Gasteiger partial charge in [-0.2, -0.15) is 0 Å². The van der Waals surface area contributed by atoms with Crippen molar-refractivity contribution in [2.75, 3.05) is 13.2 Å². The molecule has 4 heteroatoms. The first-order valence-corrected chi connectivity index (χ1v) is 10.1. The molecule has 2 rings (SSSR count). The molecule has 0 amide bonds. The zero-order chi connectivity index (χ0) is 16.8. The second-order valence-corrected chi connectivity index (χ2v) is 11.1. The fourth-order valence-electron chi connectivity index (χ4n) is 3.16. The van der Waals surface area contributed by atoms with Gasteiger partial charge in [-0.15, -0.1) is 0 Å². The third kappa shape index (κ3) is 3.90. The van der Waals surface area contributed by atoms with E-state index in [0.717, 1.165) is 13.0 Å². The van der Waals surface area contributed by atoms with Gasteiger partial charge < -0.3 is 4.43 Å². The largest absolute Gasteiger partial charge is 0.407 e. The molecule has 0 atom stereocenters. The van der Waals surface area contributed by atoms with Crippen molar-refractivity contribution < 1.29 is 4.43 Å². The van der Waals surface area contributed by atoms with Gasteiger partial charge in [0.1, 0.15) is 0 Å². The van der Waals surface area contributed by atoms with Crippen LogP contribution in [0.25, 0.3) is 0 Å². The Bertz CT molecular complexity index is 542. The molecule has 0 aromatic heterocycles. The summed E-state index contributed by atoms with van der Waals surface area (Å²) in [4.78, 5) is 0. The van der Waals surface area contributed by atoms with E-state index in [1.165, 1.54) is 10.4 Å². The monoisotopic (exact) mass is 328 g/mol. The van der Waals surface area contributed by atoms with Crippen molar-refractivity contribution in [2.45, 2.75) is 32.2 Å². The molecule has 0 radical (unpaired) electrons. The van der Waals surface area contributed by atoms with E-state index in [1.54, 1.807) is 0 Å². The normalized spacial score (nSPS) is 12.3. The molecule has 0 bridgehead atoms. The Morgan fingerprint density at radius 2 is 1.39 bits per heavy atom. The second-order valence-electron chi connectivity index (χ2n) is 6.82. The van der Waals surface area contributed by atoms with Crippen LogP contribution in [0.15, 0.2) is 60.7 Å². The summed E-state index contributed by atoms with van der Waals surface area (Å²) in [6, 6.07) is 21.4. The lowest BCUT2D eigenvalue weighted by Gasteiger charge is -2.43. The maximum atomic E-state index is 6.71. The van der Waals surface area contributed by atoms with Gasteiger partial charge in [-0.25, -0.2) is 0 Å². The lowest BCUT2D eigenvalue weighted by atomic mass is 10.2. The lowest BCUT2D eigenvalue weighted by molar-refractivity contribution is 0.290. The maximum absolute atomic E-state index is 6.71. The van der Waals surface area contributed by atoms with Crippen LogP contribution in [0.4, 0.5) is 0 Å². The highest BCUT2D eigenvalue weighted by Gasteiger charge is 2.49. The molecular weight excluding hydrogens is 300 g/mol. The maximum Gasteiger partial charge on any atom is 0.261 e. The van der Waals surface area contributed by atoms with Crippen LogP contribution in [0.1, 0.15) is 27.2 Å². The van der Waals surface area contributed by atoms with Gasteiger partial charge in [-0.05, 0) is 21.8 Å². The third-order valence-corrected chi connectivity index (χ3v) is 9.24. The van der Waals surface area contributed by atoms with Gasteiger partial charge in [-0.3, -0.25) is 11.3 Å². The lowest BCUT2D eigenvalue weighted by Crippen LogP contribution is -2.66. The number of nitrogens with one attached hydrogen (secondary N) is 1. The highest BCUT2D eigenvalue weighted by Crippen LogP contribution is 2.36. The topological polar surface area (TPSA) is 47.3 Å². The average molecular weight is 329 g/mol. The molecule has 0 aliphatic rings. The predicted molar refractivity (Wildman–Crippen MR) is 100 cm³/mol. The molecule has 0 fully saturated rings. The number of benzene rings is 2. The zero-order valence-corrected chi connectivity index (χ0v) is 15.4. The van der Waals surface area contributed by atoms with Crippen molar-refractivity contribution in [2.24, 2.45) is 5.84 Å². The first kappa shape index (κ1) is 17.9. The minimum absolute atomic E-state index is 0.0336. The molecule has 0 heterocycles. The third-order valence-electron chi connectivity index (χ3n) is 4.20. The van der Waals surface area contributed by atoms with Crippen molar-refractivity contribution in [1.29, 1.82) is 0 Å². The smallest absolute Gasteiger partial charge is 0.261 e. The van der Waals surface area contributed by atoms with Gasteiger partial charge in [0, 0.05) is 13.2 Å². The Morgan fingerprint density at radius 1 is 0.913 bits per heavy atom. The zero-order valence-electron chi connectivity index (χ0n) is 14.4. The minimum atomic E-state index is -2.37. The molecule has 2 aromatic carbocycles. The summed E-state index contributed by atoms with van der Waals surface area (Å²) in [5.74, 6) is 5.39. The molecule has 0 aliphatic carbocycles. The van der Waals surface area contributed by atoms with Crippen LogP contribution in [0, 0.1) is 0 Å². The summed E-state index contributed by atoms with van der Waals surface area (Å²) in [5.41, 5.74) is 2.71. The molecule has 0 saturated heterocycles. The van der Waals surface area contributed by atoms with Crippen LogP contribution in [-0.2, 0) is 4.43 Å². The molecule has 124 valence electrons. The standard InChI is InChI=1S/C19H28N2OSi/c1-19(2,3)23(22-16-10-15-21-20,17-11-6-4-7-12-17)18-13-8-5-9-14-18/h4-9,11-14,21H,10,15-16,20H2,1-3H3. The Labute approximate surface area is 141 Å². The molecule has 0 saturated carbocycles. The van der Waals surface area contributed by atoms with Crippen molar-refractivity contribution >= 4 is 18.7 Å². The summed E-state index contributed by atoms with van der Waals surface area (Å²) in [5, 5.41) is 2.67. The van der Waals surface area contributed by atoms with Crippen molar-refractivity contribution in [3.63, 3.8) is 0 Å². The summed E-state index contributed by atoms with van der Waals surface area (Å²) in [6.07, 6.45) is 0.904. The molecule has 23 heavy (non-hydrogen) atoms. The average Bonchev–Trinajstić information content (AvgIpc) is 2.55. The van der Waals surface area contributed by atoms with E-state index in [1.807, 2.05) is 0 Å². The molecular formula is C19H28N2OSi. The fraction of sp³-hybridized carbons (Fsp3) is 0.368. The Morgan fingerprint density at radius 3 is 1.78 bits per heavy atom. The van der Waals surface area contributed by atoms with E-state index >= 15 is 0 Å². The van der Waals surface area contributed by atoms with E-state index in [4.69, 9.17) is 10.3 Å². The van der Waals surface area contributed by atoms with Gasteiger partial charge >= 0.3 is 0 Å². The quantitative estimate of drug-likeness (QED) is 0.355. The highest BCUT2D eigenvalue weighted by molar-refractivity contribution is 6.99. The number of hydrazine groups is 1. The van der Waals surface area contributed by atoms with Crippen LogP contribution in [0.2, 0.25) is 5.04 Å². The van der Waals surface area contributed by atoms with Crippen LogP contribution in [0.5, 0.6) is 0 Å². The van der Waals surface area contributed by atoms with Gasteiger partial charge in [-0.1, -0.05) is 81.4 Å². The van der Waals surface area contributed by atoms with Gasteiger partial charge in [0.25, 0.3) is 8.32 Å². The van der Waals surface area contributed by atoms with Crippen LogP contribution >= 0.6 is 0 Å². The van der Waals surface area contributed by atoms with E-state index in [-0.39, 0.29) is 5.04 Å². The number of rotatable bonds is 7. The minimum Gasteiger partial charge on any atom is -0.407 e. The summed E-state index contributed by atoms with van der Waals surface area (Å²) >= 11 is 0. The summed E-state index contributed by atoms with van der Waals surface area (Å²) in [6.45, 7) is 8.34. The molecule has 0 spiro atoms. The van der Waals surface area contributed by atoms with Crippen molar-refractivity contribution in [1.82, 2.24) is 5.43 Å². The first-order valence-electron chi connectivity index (χ1n) is 8.21. The summed E-state index contributed by atoms with van der Waals surface area (Å²) in [7, 11) is -2.37. The molecule has 3 nitrogen and oxygen atoms in total. The predicted octanol–water partition coefficient (Wildman–Crippen LogP) is 2.42. The Kier molecular flexibility index (Phi) is 6.13. The van der Waals surface area contributed by atoms with Gasteiger partial charge in [0.05, 0.1) is 0 Å². The SMILES string of the molecule is CC(C)(C)[Si](OCCCNN)(c1ccccc1)c1ccccc1. The van der Waals surface area contributed by atoms with E-state index in [0.29, 0.717) is 6.61 Å². The van der Waals surface area contributed by atoms with E-state index < -0.39 is 8.32 Å². The van der Waals surface area contributed by atoms with Crippen molar-refractivity contribution in [3.8, 4) is 0 Å². The van der Waals surface area contributed by atoms with E-state index in [2.05, 4.69) is 86.9 Å². The van der Waals surface area contributed by atoms with Crippen LogP contribution in [-0.4, -0.2) is 21.5 Å². The van der Waals surface area contributed by atoms with Crippen molar-refractivity contribution in [3.05, 3.63) is 60.7 Å².